The van der Waals surface area contributed by atoms with E-state index in [1.807, 2.05) is 14.1 Å². The zero-order chi connectivity index (χ0) is 12.7. The lowest BCUT2D eigenvalue weighted by Gasteiger charge is -2.29. The SMILES string of the molecule is CCCOCC[N+](C)(C)CCCS(=O)(=O)O. The molecule has 0 rings (SSSR count). The number of rotatable bonds is 9. The molecule has 0 saturated heterocycles. The molecule has 0 aromatic heterocycles. The van der Waals surface area contributed by atoms with Crippen LogP contribution >= 0.6 is 0 Å². The first-order valence-corrected chi connectivity index (χ1v) is 7.23. The van der Waals surface area contributed by atoms with Crippen molar-refractivity contribution >= 4 is 10.1 Å². The molecule has 98 valence electrons. The van der Waals surface area contributed by atoms with Crippen molar-refractivity contribution in [1.29, 1.82) is 0 Å². The molecule has 0 aromatic carbocycles. The van der Waals surface area contributed by atoms with E-state index in [0.717, 1.165) is 26.1 Å². The standard InChI is InChI=1S/C10H23NO4S/c1-4-8-15-9-7-11(2,3)6-5-10-16(12,13)14/h4-10H2,1-3H3/p+1. The summed E-state index contributed by atoms with van der Waals surface area (Å²) < 4.78 is 35.8. The zero-order valence-corrected chi connectivity index (χ0v) is 11.3. The van der Waals surface area contributed by atoms with Crippen LogP contribution in [0.1, 0.15) is 19.8 Å². The molecule has 0 fully saturated rings. The molecule has 5 nitrogen and oxygen atoms in total. The summed E-state index contributed by atoms with van der Waals surface area (Å²) in [5.74, 6) is -0.162. The summed E-state index contributed by atoms with van der Waals surface area (Å²) in [6.45, 7) is 5.09. The predicted octanol–water partition coefficient (Wildman–Crippen LogP) is 0.767. The molecule has 0 atom stereocenters. The third-order valence-corrected chi connectivity index (χ3v) is 3.16. The van der Waals surface area contributed by atoms with Crippen LogP contribution in [0.3, 0.4) is 0 Å². The number of quaternary nitrogens is 1. The summed E-state index contributed by atoms with van der Waals surface area (Å²) in [7, 11) is 0.237. The van der Waals surface area contributed by atoms with E-state index in [9.17, 15) is 8.42 Å². The van der Waals surface area contributed by atoms with Gasteiger partial charge in [0, 0.05) is 13.0 Å². The fourth-order valence-electron chi connectivity index (χ4n) is 1.34. The third kappa shape index (κ3) is 10.4. The first-order chi connectivity index (χ1) is 7.27. The average molecular weight is 254 g/mol. The van der Waals surface area contributed by atoms with Crippen molar-refractivity contribution in [3.63, 3.8) is 0 Å². The third-order valence-electron chi connectivity index (χ3n) is 2.36. The minimum atomic E-state index is -3.82. The van der Waals surface area contributed by atoms with Crippen molar-refractivity contribution in [2.24, 2.45) is 0 Å². The molecule has 0 aliphatic rings. The van der Waals surface area contributed by atoms with Crippen molar-refractivity contribution in [2.45, 2.75) is 19.8 Å². The molecule has 0 aromatic rings. The van der Waals surface area contributed by atoms with E-state index in [4.69, 9.17) is 9.29 Å². The van der Waals surface area contributed by atoms with Crippen molar-refractivity contribution in [2.75, 3.05) is 46.2 Å². The van der Waals surface area contributed by atoms with Gasteiger partial charge in [-0.05, 0) is 6.42 Å². The van der Waals surface area contributed by atoms with Crippen LogP contribution in [0.4, 0.5) is 0 Å². The minimum absolute atomic E-state index is 0.162. The highest BCUT2D eigenvalue weighted by Gasteiger charge is 2.16. The fourth-order valence-corrected chi connectivity index (χ4v) is 1.84. The Hall–Kier alpha value is -0.170. The van der Waals surface area contributed by atoms with Gasteiger partial charge in [-0.3, -0.25) is 4.55 Å². The first kappa shape index (κ1) is 15.8. The highest BCUT2D eigenvalue weighted by Crippen LogP contribution is 2.01. The monoisotopic (exact) mass is 254 g/mol. The summed E-state index contributed by atoms with van der Waals surface area (Å²) >= 11 is 0. The van der Waals surface area contributed by atoms with Crippen LogP contribution < -0.4 is 0 Å². The van der Waals surface area contributed by atoms with Crippen molar-refractivity contribution in [3.05, 3.63) is 0 Å². The van der Waals surface area contributed by atoms with Crippen LogP contribution in [0, 0.1) is 0 Å². The molecule has 16 heavy (non-hydrogen) atoms. The normalized spacial score (nSPS) is 13.0. The number of nitrogens with zero attached hydrogens (tertiary/aromatic N) is 1. The van der Waals surface area contributed by atoms with Gasteiger partial charge in [-0.15, -0.1) is 0 Å². The van der Waals surface area contributed by atoms with Crippen LogP contribution in [0.15, 0.2) is 0 Å². The first-order valence-electron chi connectivity index (χ1n) is 5.62. The Labute approximate surface area is 98.7 Å². The highest BCUT2D eigenvalue weighted by molar-refractivity contribution is 7.85. The maximum absolute atomic E-state index is 10.5. The van der Waals surface area contributed by atoms with Gasteiger partial charge in [0.1, 0.15) is 6.54 Å². The van der Waals surface area contributed by atoms with Gasteiger partial charge in [0.15, 0.2) is 0 Å². The summed E-state index contributed by atoms with van der Waals surface area (Å²) in [6, 6.07) is 0. The number of likely N-dealkylation sites (N-methyl/N-ethyl adjacent to an activating group) is 1. The highest BCUT2D eigenvalue weighted by atomic mass is 32.2. The van der Waals surface area contributed by atoms with Crippen LogP contribution in [-0.2, 0) is 14.9 Å². The Morgan fingerprint density at radius 1 is 1.19 bits per heavy atom. The summed E-state index contributed by atoms with van der Waals surface area (Å²) in [6.07, 6.45) is 1.48. The molecule has 0 heterocycles. The van der Waals surface area contributed by atoms with E-state index < -0.39 is 10.1 Å². The molecule has 0 amide bonds. The van der Waals surface area contributed by atoms with Gasteiger partial charge in [0.05, 0.1) is 33.0 Å². The van der Waals surface area contributed by atoms with E-state index in [1.54, 1.807) is 0 Å². The molecule has 6 heteroatoms. The van der Waals surface area contributed by atoms with E-state index >= 15 is 0 Å². The fraction of sp³-hybridized carbons (Fsp3) is 1.00. The lowest BCUT2D eigenvalue weighted by Crippen LogP contribution is -2.43. The largest absolute Gasteiger partial charge is 0.376 e. The number of ether oxygens (including phenoxy) is 1. The van der Waals surface area contributed by atoms with E-state index in [2.05, 4.69) is 6.92 Å². The van der Waals surface area contributed by atoms with Gasteiger partial charge in [-0.1, -0.05) is 6.92 Å². The maximum atomic E-state index is 10.5. The van der Waals surface area contributed by atoms with E-state index in [-0.39, 0.29) is 5.75 Å². The molecule has 0 unspecified atom stereocenters. The molecular weight excluding hydrogens is 230 g/mol. The Balaban J connectivity index is 3.70. The van der Waals surface area contributed by atoms with E-state index in [0.29, 0.717) is 17.5 Å². The van der Waals surface area contributed by atoms with Gasteiger partial charge < -0.3 is 9.22 Å². The van der Waals surface area contributed by atoms with Gasteiger partial charge in [0.2, 0.25) is 0 Å². The van der Waals surface area contributed by atoms with Crippen LogP contribution in [-0.4, -0.2) is 63.6 Å². The Morgan fingerprint density at radius 2 is 1.81 bits per heavy atom. The second-order valence-electron chi connectivity index (χ2n) is 4.63. The van der Waals surface area contributed by atoms with Gasteiger partial charge >= 0.3 is 0 Å². The smallest absolute Gasteiger partial charge is 0.265 e. The summed E-state index contributed by atoms with van der Waals surface area (Å²) in [5.41, 5.74) is 0. The molecule has 0 radical (unpaired) electrons. The zero-order valence-electron chi connectivity index (χ0n) is 10.5. The second kappa shape index (κ2) is 7.21. The van der Waals surface area contributed by atoms with Crippen LogP contribution in [0.2, 0.25) is 0 Å². The minimum Gasteiger partial charge on any atom is -0.376 e. The Kier molecular flexibility index (Phi) is 7.14. The molecule has 0 aliphatic heterocycles. The van der Waals surface area contributed by atoms with Crippen LogP contribution in [0.5, 0.6) is 0 Å². The number of hydrogen-bond donors (Lipinski definition) is 1. The molecule has 0 saturated carbocycles. The predicted molar refractivity (Wildman–Crippen MR) is 64.0 cm³/mol. The average Bonchev–Trinajstić information content (AvgIpc) is 2.10. The second-order valence-corrected chi connectivity index (χ2v) is 6.21. The number of hydrogen-bond acceptors (Lipinski definition) is 3. The van der Waals surface area contributed by atoms with Crippen molar-refractivity contribution in [3.8, 4) is 0 Å². The molecule has 1 N–H and O–H groups in total. The van der Waals surface area contributed by atoms with Gasteiger partial charge in [-0.25, -0.2) is 0 Å². The lowest BCUT2D eigenvalue weighted by atomic mass is 10.3. The van der Waals surface area contributed by atoms with Gasteiger partial charge in [0.25, 0.3) is 10.1 Å². The van der Waals surface area contributed by atoms with Crippen molar-refractivity contribution in [1.82, 2.24) is 0 Å². The Bertz CT molecular complexity index is 275. The Morgan fingerprint density at radius 3 is 2.31 bits per heavy atom. The lowest BCUT2D eigenvalue weighted by molar-refractivity contribution is -0.890. The maximum Gasteiger partial charge on any atom is 0.265 e. The summed E-state index contributed by atoms with van der Waals surface area (Å²) in [5, 5.41) is 0. The quantitative estimate of drug-likeness (QED) is 0.375. The topological polar surface area (TPSA) is 63.6 Å². The molecule has 0 aliphatic carbocycles. The van der Waals surface area contributed by atoms with Crippen molar-refractivity contribution < 1.29 is 22.2 Å². The molecular formula is C10H24NO4S+. The van der Waals surface area contributed by atoms with Crippen LogP contribution in [0.25, 0.3) is 0 Å². The summed E-state index contributed by atoms with van der Waals surface area (Å²) in [4.78, 5) is 0. The van der Waals surface area contributed by atoms with Gasteiger partial charge in [-0.2, -0.15) is 8.42 Å². The molecule has 0 bridgehead atoms. The molecule has 0 spiro atoms. The van der Waals surface area contributed by atoms with E-state index in [1.165, 1.54) is 0 Å².